The predicted molar refractivity (Wildman–Crippen MR) is 120 cm³/mol. The maximum atomic E-state index is 12.7. The molecule has 0 aliphatic rings. The van der Waals surface area contributed by atoms with E-state index in [0.29, 0.717) is 17.0 Å². The Bertz CT molecular complexity index is 1410. The SMILES string of the molecule is COc1ccc(-c2cn3cccc(C)c3n2)cc1NS(=O)(=O)Cc1ccc(C(F)(F)F)cc1. The standard InChI is InChI=1S/C23H20F3N3O3S/c1-15-4-3-11-29-13-20(27-22(15)29)17-7-10-21(32-2)19(12-17)28-33(30,31)14-16-5-8-18(9-6-16)23(24,25)26/h3-13,28H,14H2,1-2H3. The molecular formula is C23H20F3N3O3S. The zero-order chi connectivity index (χ0) is 23.8. The number of pyridine rings is 1. The number of rotatable bonds is 6. The smallest absolute Gasteiger partial charge is 0.416 e. The van der Waals surface area contributed by atoms with Gasteiger partial charge < -0.3 is 9.14 Å². The van der Waals surface area contributed by atoms with Crippen LogP contribution >= 0.6 is 0 Å². The van der Waals surface area contributed by atoms with Gasteiger partial charge in [-0.05, 0) is 54.4 Å². The summed E-state index contributed by atoms with van der Waals surface area (Å²) >= 11 is 0. The van der Waals surface area contributed by atoms with E-state index >= 15 is 0 Å². The molecule has 0 fully saturated rings. The maximum Gasteiger partial charge on any atom is 0.416 e. The van der Waals surface area contributed by atoms with Crippen LogP contribution in [0.25, 0.3) is 16.9 Å². The van der Waals surface area contributed by atoms with Crippen LogP contribution < -0.4 is 9.46 Å². The minimum Gasteiger partial charge on any atom is -0.495 e. The number of nitrogens with one attached hydrogen (secondary N) is 1. The van der Waals surface area contributed by atoms with E-state index in [1.807, 2.05) is 35.9 Å². The second kappa shape index (κ2) is 8.43. The monoisotopic (exact) mass is 475 g/mol. The Kier molecular flexibility index (Phi) is 5.79. The zero-order valence-corrected chi connectivity index (χ0v) is 18.5. The molecule has 6 nitrogen and oxygen atoms in total. The third-order valence-corrected chi connectivity index (χ3v) is 6.32. The molecule has 33 heavy (non-hydrogen) atoms. The summed E-state index contributed by atoms with van der Waals surface area (Å²) in [5.74, 6) is -0.193. The highest BCUT2D eigenvalue weighted by Crippen LogP contribution is 2.32. The van der Waals surface area contributed by atoms with E-state index in [1.54, 1.807) is 18.2 Å². The Morgan fingerprint density at radius 2 is 1.82 bits per heavy atom. The van der Waals surface area contributed by atoms with Crippen molar-refractivity contribution in [3.05, 3.63) is 83.7 Å². The average molecular weight is 475 g/mol. The van der Waals surface area contributed by atoms with E-state index in [0.717, 1.165) is 35.5 Å². The van der Waals surface area contributed by atoms with Crippen LogP contribution in [0.5, 0.6) is 5.75 Å². The highest BCUT2D eigenvalue weighted by molar-refractivity contribution is 7.91. The predicted octanol–water partition coefficient (Wildman–Crippen LogP) is 5.28. The van der Waals surface area contributed by atoms with Crippen LogP contribution in [-0.4, -0.2) is 24.9 Å². The Hall–Kier alpha value is -3.53. The van der Waals surface area contributed by atoms with Crippen molar-refractivity contribution in [1.82, 2.24) is 9.38 Å². The van der Waals surface area contributed by atoms with Gasteiger partial charge in [0.25, 0.3) is 0 Å². The molecule has 0 aliphatic carbocycles. The lowest BCUT2D eigenvalue weighted by atomic mass is 10.1. The summed E-state index contributed by atoms with van der Waals surface area (Å²) in [5, 5.41) is 0. The molecule has 4 aromatic rings. The molecule has 0 saturated heterocycles. The van der Waals surface area contributed by atoms with Crippen molar-refractivity contribution in [2.75, 3.05) is 11.8 Å². The molecule has 0 radical (unpaired) electrons. The fourth-order valence-corrected chi connectivity index (χ4v) is 4.65. The number of ether oxygens (including phenoxy) is 1. The molecule has 0 unspecified atom stereocenters. The van der Waals surface area contributed by atoms with Gasteiger partial charge in [-0.25, -0.2) is 13.4 Å². The van der Waals surface area contributed by atoms with Crippen LogP contribution in [0.1, 0.15) is 16.7 Å². The molecule has 0 aliphatic heterocycles. The Morgan fingerprint density at radius 1 is 1.09 bits per heavy atom. The lowest BCUT2D eigenvalue weighted by Gasteiger charge is -2.13. The number of imidazole rings is 1. The van der Waals surface area contributed by atoms with Crippen LogP contribution in [0.2, 0.25) is 0 Å². The Labute approximate surface area is 188 Å². The van der Waals surface area contributed by atoms with Crippen LogP contribution in [0.15, 0.2) is 67.0 Å². The van der Waals surface area contributed by atoms with E-state index in [2.05, 4.69) is 9.71 Å². The van der Waals surface area contributed by atoms with Crippen molar-refractivity contribution in [2.45, 2.75) is 18.9 Å². The summed E-state index contributed by atoms with van der Waals surface area (Å²) in [6.45, 7) is 1.95. The van der Waals surface area contributed by atoms with Gasteiger partial charge in [0.05, 0.1) is 29.8 Å². The molecule has 0 spiro atoms. The average Bonchev–Trinajstić information content (AvgIpc) is 3.19. The van der Waals surface area contributed by atoms with Crippen molar-refractivity contribution in [3.8, 4) is 17.0 Å². The number of aromatic nitrogens is 2. The topological polar surface area (TPSA) is 72.7 Å². The van der Waals surface area contributed by atoms with Gasteiger partial charge in [0, 0.05) is 18.0 Å². The molecule has 2 aromatic heterocycles. The number of fused-ring (bicyclic) bond motifs is 1. The lowest BCUT2D eigenvalue weighted by molar-refractivity contribution is -0.137. The lowest BCUT2D eigenvalue weighted by Crippen LogP contribution is -2.16. The second-order valence-electron chi connectivity index (χ2n) is 7.52. The van der Waals surface area contributed by atoms with E-state index in [9.17, 15) is 21.6 Å². The number of halogens is 3. The van der Waals surface area contributed by atoms with Crippen molar-refractivity contribution in [2.24, 2.45) is 0 Å². The molecule has 1 N–H and O–H groups in total. The first kappa shape index (κ1) is 22.7. The number of sulfonamides is 1. The molecule has 0 atom stereocenters. The van der Waals surface area contributed by atoms with Crippen LogP contribution in [-0.2, 0) is 22.0 Å². The number of benzene rings is 2. The summed E-state index contributed by atoms with van der Waals surface area (Å²) in [4.78, 5) is 4.62. The largest absolute Gasteiger partial charge is 0.495 e. The third kappa shape index (κ3) is 4.95. The molecule has 172 valence electrons. The van der Waals surface area contributed by atoms with Crippen LogP contribution in [0.4, 0.5) is 18.9 Å². The minimum atomic E-state index is -4.49. The summed E-state index contributed by atoms with van der Waals surface area (Å²) in [7, 11) is -2.52. The highest BCUT2D eigenvalue weighted by atomic mass is 32.2. The fraction of sp³-hybridized carbons (Fsp3) is 0.174. The molecule has 4 rings (SSSR count). The Balaban J connectivity index is 1.61. The summed E-state index contributed by atoms with van der Waals surface area (Å²) < 4.78 is 73.4. The Morgan fingerprint density at radius 3 is 2.45 bits per heavy atom. The van der Waals surface area contributed by atoms with Gasteiger partial charge in [-0.15, -0.1) is 0 Å². The van der Waals surface area contributed by atoms with Crippen LogP contribution in [0.3, 0.4) is 0 Å². The van der Waals surface area contributed by atoms with Gasteiger partial charge in [0.2, 0.25) is 10.0 Å². The quantitative estimate of drug-likeness (QED) is 0.412. The number of nitrogens with zero attached hydrogens (tertiary/aromatic N) is 2. The van der Waals surface area contributed by atoms with Gasteiger partial charge in [0.1, 0.15) is 11.4 Å². The molecule has 0 saturated carbocycles. The molecular weight excluding hydrogens is 455 g/mol. The third-order valence-electron chi connectivity index (χ3n) is 5.08. The summed E-state index contributed by atoms with van der Waals surface area (Å²) in [6.07, 6.45) is -0.777. The van der Waals surface area contributed by atoms with Gasteiger partial charge in [-0.1, -0.05) is 18.2 Å². The normalized spacial score (nSPS) is 12.2. The first-order chi connectivity index (χ1) is 15.6. The van der Waals surface area contributed by atoms with E-state index < -0.39 is 27.5 Å². The second-order valence-corrected chi connectivity index (χ2v) is 9.24. The molecule has 2 aromatic carbocycles. The van der Waals surface area contributed by atoms with E-state index in [-0.39, 0.29) is 11.3 Å². The van der Waals surface area contributed by atoms with Crippen molar-refractivity contribution in [3.63, 3.8) is 0 Å². The number of hydrogen-bond acceptors (Lipinski definition) is 4. The number of alkyl halides is 3. The molecule has 0 bridgehead atoms. The molecule has 10 heteroatoms. The number of anilines is 1. The fourth-order valence-electron chi connectivity index (χ4n) is 3.45. The van der Waals surface area contributed by atoms with Gasteiger partial charge >= 0.3 is 6.18 Å². The first-order valence-corrected chi connectivity index (χ1v) is 11.5. The van der Waals surface area contributed by atoms with Gasteiger partial charge in [0.15, 0.2) is 0 Å². The minimum absolute atomic E-state index is 0.204. The first-order valence-electron chi connectivity index (χ1n) is 9.85. The molecule has 2 heterocycles. The van der Waals surface area contributed by atoms with Crippen molar-refractivity contribution < 1.29 is 26.3 Å². The maximum absolute atomic E-state index is 12.7. The highest BCUT2D eigenvalue weighted by Gasteiger charge is 2.30. The number of aryl methyl sites for hydroxylation is 1. The summed E-state index contributed by atoms with van der Waals surface area (Å²) in [6, 6.07) is 12.9. The summed E-state index contributed by atoms with van der Waals surface area (Å²) in [5.41, 5.74) is 2.69. The molecule has 0 amide bonds. The van der Waals surface area contributed by atoms with Gasteiger partial charge in [-0.2, -0.15) is 13.2 Å². The van der Waals surface area contributed by atoms with Crippen molar-refractivity contribution >= 4 is 21.4 Å². The van der Waals surface area contributed by atoms with Gasteiger partial charge in [-0.3, -0.25) is 4.72 Å². The number of hydrogen-bond donors (Lipinski definition) is 1. The zero-order valence-electron chi connectivity index (χ0n) is 17.7. The number of methoxy groups -OCH3 is 1. The van der Waals surface area contributed by atoms with Crippen LogP contribution in [0, 0.1) is 6.92 Å². The van der Waals surface area contributed by atoms with E-state index in [1.165, 1.54) is 7.11 Å². The van der Waals surface area contributed by atoms with Crippen molar-refractivity contribution in [1.29, 1.82) is 0 Å². The van der Waals surface area contributed by atoms with E-state index in [4.69, 9.17) is 4.74 Å².